The van der Waals surface area contributed by atoms with Gasteiger partial charge in [-0.1, -0.05) is 77.8 Å². The Hall–Kier alpha value is -2.82. The Labute approximate surface area is 178 Å². The highest BCUT2D eigenvalue weighted by Crippen LogP contribution is 2.44. The van der Waals surface area contributed by atoms with E-state index in [0.29, 0.717) is 15.6 Å². The van der Waals surface area contributed by atoms with Crippen LogP contribution in [0.15, 0.2) is 66.7 Å². The second-order valence-electron chi connectivity index (χ2n) is 6.95. The molecule has 3 aromatic carbocycles. The maximum Gasteiger partial charge on any atom is 0.326 e. The number of halogens is 2. The van der Waals surface area contributed by atoms with Gasteiger partial charge in [-0.15, -0.1) is 0 Å². The molecular weight excluding hydrogens is 409 g/mol. The third kappa shape index (κ3) is 3.74. The van der Waals surface area contributed by atoms with Gasteiger partial charge in [0.1, 0.15) is 6.04 Å². The summed E-state index contributed by atoms with van der Waals surface area (Å²) in [6, 6.07) is 19.2. The molecule has 0 aliphatic heterocycles. The first-order valence-electron chi connectivity index (χ1n) is 9.11. The fourth-order valence-corrected chi connectivity index (χ4v) is 4.29. The number of fused-ring (bicyclic) bond motifs is 3. The second-order valence-corrected chi connectivity index (χ2v) is 7.79. The summed E-state index contributed by atoms with van der Waals surface area (Å²) in [6.07, 6.45) is 0.0626. The van der Waals surface area contributed by atoms with Crippen LogP contribution < -0.4 is 5.32 Å². The van der Waals surface area contributed by atoms with Gasteiger partial charge in [0.2, 0.25) is 5.91 Å². The molecule has 6 heteroatoms. The van der Waals surface area contributed by atoms with Crippen molar-refractivity contribution in [2.45, 2.75) is 18.4 Å². The molecule has 4 nitrogen and oxygen atoms in total. The summed E-state index contributed by atoms with van der Waals surface area (Å²) in [5, 5.41) is 13.2. The number of amides is 1. The van der Waals surface area contributed by atoms with Crippen LogP contribution in [-0.2, 0) is 16.0 Å². The highest BCUT2D eigenvalue weighted by atomic mass is 35.5. The zero-order valence-electron chi connectivity index (χ0n) is 15.2. The van der Waals surface area contributed by atoms with Crippen LogP contribution in [0.25, 0.3) is 11.1 Å². The summed E-state index contributed by atoms with van der Waals surface area (Å²) in [4.78, 5) is 25.0. The number of carbonyl (C=O) groups is 2. The Balaban J connectivity index is 1.63. The number of hydrogen-bond donors (Lipinski definition) is 2. The molecule has 0 fully saturated rings. The van der Waals surface area contributed by atoms with Crippen molar-refractivity contribution in [2.24, 2.45) is 0 Å². The van der Waals surface area contributed by atoms with Crippen molar-refractivity contribution in [1.82, 2.24) is 5.32 Å². The van der Waals surface area contributed by atoms with Crippen LogP contribution in [-0.4, -0.2) is 23.0 Å². The third-order valence-corrected chi connectivity index (χ3v) is 5.74. The van der Waals surface area contributed by atoms with E-state index in [-0.39, 0.29) is 12.3 Å². The zero-order valence-corrected chi connectivity index (χ0v) is 16.7. The average Bonchev–Trinajstić information content (AvgIpc) is 3.04. The molecule has 0 bridgehead atoms. The first-order chi connectivity index (χ1) is 14.0. The summed E-state index contributed by atoms with van der Waals surface area (Å²) < 4.78 is 0. The van der Waals surface area contributed by atoms with Gasteiger partial charge < -0.3 is 10.4 Å². The van der Waals surface area contributed by atoms with E-state index in [0.717, 1.165) is 22.3 Å². The molecule has 1 atom stereocenters. The lowest BCUT2D eigenvalue weighted by atomic mass is 9.95. The van der Waals surface area contributed by atoms with E-state index >= 15 is 0 Å². The Morgan fingerprint density at radius 2 is 1.52 bits per heavy atom. The summed E-state index contributed by atoms with van der Waals surface area (Å²) in [5.74, 6) is -2.02. The predicted molar refractivity (Wildman–Crippen MR) is 113 cm³/mol. The number of aliphatic carboxylic acids is 1. The maximum atomic E-state index is 13.2. The molecule has 0 unspecified atom stereocenters. The Morgan fingerprint density at radius 3 is 2.07 bits per heavy atom. The van der Waals surface area contributed by atoms with Crippen LogP contribution in [0, 0.1) is 0 Å². The number of carboxylic acid groups (broad SMARTS) is 1. The van der Waals surface area contributed by atoms with Crippen molar-refractivity contribution in [3.8, 4) is 11.1 Å². The van der Waals surface area contributed by atoms with Gasteiger partial charge in [0.15, 0.2) is 0 Å². The van der Waals surface area contributed by atoms with Gasteiger partial charge in [-0.05, 0) is 39.9 Å². The summed E-state index contributed by atoms with van der Waals surface area (Å²) in [5.41, 5.74) is 4.35. The SMILES string of the molecule is O=C(N[C@H](Cc1ccc(Cl)cc1Cl)C(=O)O)C1c2ccccc2-c2ccccc21. The molecule has 29 heavy (non-hydrogen) atoms. The molecular formula is C23H17Cl2NO3. The lowest BCUT2D eigenvalue weighted by Crippen LogP contribution is -2.44. The lowest BCUT2D eigenvalue weighted by molar-refractivity contribution is -0.141. The molecule has 1 amide bonds. The van der Waals surface area contributed by atoms with Crippen LogP contribution in [0.2, 0.25) is 10.0 Å². The van der Waals surface area contributed by atoms with Crippen LogP contribution >= 0.6 is 23.2 Å². The number of rotatable bonds is 5. The normalized spacial score (nSPS) is 13.4. The van der Waals surface area contributed by atoms with Gasteiger partial charge in [0, 0.05) is 16.5 Å². The lowest BCUT2D eigenvalue weighted by Gasteiger charge is -2.19. The summed E-state index contributed by atoms with van der Waals surface area (Å²) in [6.45, 7) is 0. The molecule has 0 saturated heterocycles. The van der Waals surface area contributed by atoms with Crippen LogP contribution in [0.4, 0.5) is 0 Å². The van der Waals surface area contributed by atoms with Gasteiger partial charge in [0.05, 0.1) is 5.92 Å². The quantitative estimate of drug-likeness (QED) is 0.609. The summed E-state index contributed by atoms with van der Waals surface area (Å²) in [7, 11) is 0. The van der Waals surface area contributed by atoms with Gasteiger partial charge in [-0.2, -0.15) is 0 Å². The van der Waals surface area contributed by atoms with Crippen LogP contribution in [0.1, 0.15) is 22.6 Å². The molecule has 3 aromatic rings. The minimum absolute atomic E-state index is 0.0626. The second kappa shape index (κ2) is 7.90. The smallest absolute Gasteiger partial charge is 0.326 e. The third-order valence-electron chi connectivity index (χ3n) is 5.15. The van der Waals surface area contributed by atoms with Gasteiger partial charge in [-0.3, -0.25) is 4.79 Å². The Morgan fingerprint density at radius 1 is 0.931 bits per heavy atom. The number of carboxylic acids is 1. The molecule has 1 aliphatic rings. The van der Waals surface area contributed by atoms with E-state index in [1.807, 2.05) is 48.5 Å². The van der Waals surface area contributed by atoms with Gasteiger partial charge in [-0.25, -0.2) is 4.79 Å². The highest BCUT2D eigenvalue weighted by Gasteiger charge is 2.35. The number of benzene rings is 3. The summed E-state index contributed by atoms with van der Waals surface area (Å²) >= 11 is 12.1. The van der Waals surface area contributed by atoms with E-state index in [2.05, 4.69) is 5.32 Å². The van der Waals surface area contributed by atoms with Crippen LogP contribution in [0.5, 0.6) is 0 Å². The molecule has 0 saturated carbocycles. The molecule has 0 radical (unpaired) electrons. The van der Waals surface area contributed by atoms with E-state index in [9.17, 15) is 14.7 Å². The topological polar surface area (TPSA) is 66.4 Å². The van der Waals surface area contributed by atoms with Crippen molar-refractivity contribution in [1.29, 1.82) is 0 Å². The van der Waals surface area contributed by atoms with E-state index < -0.39 is 17.9 Å². The first kappa shape index (κ1) is 19.5. The van der Waals surface area contributed by atoms with Crippen molar-refractivity contribution in [3.05, 3.63) is 93.5 Å². The fraction of sp³-hybridized carbons (Fsp3) is 0.130. The fourth-order valence-electron chi connectivity index (χ4n) is 3.80. The van der Waals surface area contributed by atoms with Crippen molar-refractivity contribution in [3.63, 3.8) is 0 Å². The molecule has 0 spiro atoms. The van der Waals surface area contributed by atoms with Crippen molar-refractivity contribution < 1.29 is 14.7 Å². The molecule has 2 N–H and O–H groups in total. The van der Waals surface area contributed by atoms with E-state index in [4.69, 9.17) is 23.2 Å². The van der Waals surface area contributed by atoms with Crippen molar-refractivity contribution >= 4 is 35.1 Å². The highest BCUT2D eigenvalue weighted by molar-refractivity contribution is 6.35. The predicted octanol–water partition coefficient (Wildman–Crippen LogP) is 4.92. The molecule has 0 heterocycles. The largest absolute Gasteiger partial charge is 0.480 e. The minimum atomic E-state index is -1.12. The van der Waals surface area contributed by atoms with Crippen LogP contribution in [0.3, 0.4) is 0 Å². The minimum Gasteiger partial charge on any atom is -0.480 e. The zero-order chi connectivity index (χ0) is 20.5. The molecule has 0 aromatic heterocycles. The monoisotopic (exact) mass is 425 g/mol. The first-order valence-corrected chi connectivity index (χ1v) is 9.86. The number of nitrogens with one attached hydrogen (secondary N) is 1. The number of hydrogen-bond acceptors (Lipinski definition) is 2. The van der Waals surface area contributed by atoms with Gasteiger partial charge in [0.25, 0.3) is 0 Å². The number of carbonyl (C=O) groups excluding carboxylic acids is 1. The van der Waals surface area contributed by atoms with Gasteiger partial charge >= 0.3 is 5.97 Å². The Kier molecular flexibility index (Phi) is 5.31. The van der Waals surface area contributed by atoms with E-state index in [1.165, 1.54) is 0 Å². The Bertz CT molecular complexity index is 1070. The van der Waals surface area contributed by atoms with E-state index in [1.54, 1.807) is 18.2 Å². The molecule has 1 aliphatic carbocycles. The standard InChI is InChI=1S/C23H17Cl2NO3/c24-14-10-9-13(19(25)12-14)11-20(23(28)29)26-22(27)21-17-7-3-1-5-15(17)16-6-2-4-8-18(16)21/h1-10,12,20-21H,11H2,(H,26,27)(H,28,29)/t20-/m1/s1. The van der Waals surface area contributed by atoms with Crippen molar-refractivity contribution in [2.75, 3.05) is 0 Å². The average molecular weight is 426 g/mol. The maximum absolute atomic E-state index is 13.2. The molecule has 4 rings (SSSR count). The molecule has 146 valence electrons.